The van der Waals surface area contributed by atoms with Crippen LogP contribution in [-0.4, -0.2) is 39.9 Å². The van der Waals surface area contributed by atoms with Crippen molar-refractivity contribution < 1.29 is 14.7 Å². The fraction of sp³-hybridized carbons (Fsp3) is 0.353. The van der Waals surface area contributed by atoms with Crippen LogP contribution in [0.2, 0.25) is 0 Å². The van der Waals surface area contributed by atoms with Gasteiger partial charge in [-0.1, -0.05) is 5.16 Å². The summed E-state index contributed by atoms with van der Waals surface area (Å²) in [6.07, 6.45) is 4.57. The molecule has 4 heterocycles. The van der Waals surface area contributed by atoms with Crippen molar-refractivity contribution in [2.75, 3.05) is 19.6 Å². The largest absolute Gasteiger partial charge is 0.504 e. The van der Waals surface area contributed by atoms with Crippen molar-refractivity contribution in [2.24, 2.45) is 5.92 Å². The minimum Gasteiger partial charge on any atom is -0.504 e. The van der Waals surface area contributed by atoms with E-state index in [0.29, 0.717) is 11.6 Å². The van der Waals surface area contributed by atoms with E-state index in [2.05, 4.69) is 16.1 Å². The number of piperidine rings is 3. The highest BCUT2D eigenvalue weighted by atomic mass is 16.5. The van der Waals surface area contributed by atoms with Gasteiger partial charge in [0.2, 0.25) is 0 Å². The van der Waals surface area contributed by atoms with E-state index >= 15 is 0 Å². The molecular formula is C17H18N2O3. The average molecular weight is 298 g/mol. The molecule has 0 unspecified atom stereocenters. The number of nitrogens with zero attached hydrogens (tertiary/aromatic N) is 2. The maximum Gasteiger partial charge on any atom is 0.160 e. The third-order valence-corrected chi connectivity index (χ3v) is 4.65. The van der Waals surface area contributed by atoms with Gasteiger partial charge in [0.25, 0.3) is 0 Å². The third-order valence-electron chi connectivity index (χ3n) is 4.65. The van der Waals surface area contributed by atoms with Gasteiger partial charge in [0.1, 0.15) is 5.69 Å². The molecule has 3 aliphatic heterocycles. The number of aromatic hydroxyl groups is 2. The predicted molar refractivity (Wildman–Crippen MR) is 82.4 cm³/mol. The number of fused-ring (bicyclic) bond motifs is 3. The lowest BCUT2D eigenvalue weighted by molar-refractivity contribution is 0.163. The molecule has 3 fully saturated rings. The van der Waals surface area contributed by atoms with Gasteiger partial charge in [-0.15, -0.1) is 0 Å². The fourth-order valence-electron chi connectivity index (χ4n) is 3.37. The zero-order chi connectivity index (χ0) is 15.1. The van der Waals surface area contributed by atoms with Gasteiger partial charge in [-0.3, -0.25) is 4.90 Å². The minimum absolute atomic E-state index is 0.137. The molecular weight excluding hydrogens is 280 g/mol. The summed E-state index contributed by atoms with van der Waals surface area (Å²) in [6.45, 7) is 3.44. The Balaban J connectivity index is 1.60. The highest BCUT2D eigenvalue weighted by Gasteiger charge is 2.29. The lowest BCUT2D eigenvalue weighted by Crippen LogP contribution is -2.42. The van der Waals surface area contributed by atoms with E-state index in [9.17, 15) is 10.2 Å². The highest BCUT2D eigenvalue weighted by molar-refractivity contribution is 5.65. The summed E-state index contributed by atoms with van der Waals surface area (Å²) in [5.41, 5.74) is 2.80. The van der Waals surface area contributed by atoms with Crippen LogP contribution in [0.15, 0.2) is 34.4 Å². The lowest BCUT2D eigenvalue weighted by atomic mass is 9.83. The summed E-state index contributed by atoms with van der Waals surface area (Å²) in [5, 5.41) is 23.0. The monoisotopic (exact) mass is 298 g/mol. The molecule has 22 heavy (non-hydrogen) atoms. The van der Waals surface area contributed by atoms with Crippen molar-refractivity contribution in [2.45, 2.75) is 12.8 Å². The Hall–Kier alpha value is -2.27. The van der Waals surface area contributed by atoms with Crippen molar-refractivity contribution in [1.82, 2.24) is 10.1 Å². The van der Waals surface area contributed by atoms with Gasteiger partial charge in [0, 0.05) is 18.2 Å². The zero-order valence-corrected chi connectivity index (χ0v) is 12.2. The third kappa shape index (κ3) is 2.37. The Labute approximate surface area is 128 Å². The molecule has 1 aromatic heterocycles. The van der Waals surface area contributed by atoms with Gasteiger partial charge < -0.3 is 14.7 Å². The first-order valence-electron chi connectivity index (χ1n) is 7.61. The molecule has 0 atom stereocenters. The molecule has 0 spiro atoms. The quantitative estimate of drug-likeness (QED) is 0.834. The van der Waals surface area contributed by atoms with Crippen LogP contribution in [0.1, 0.15) is 18.6 Å². The number of phenols is 2. The summed E-state index contributed by atoms with van der Waals surface area (Å²) in [7, 11) is 0. The van der Waals surface area contributed by atoms with E-state index in [4.69, 9.17) is 4.52 Å². The van der Waals surface area contributed by atoms with E-state index in [1.54, 1.807) is 6.07 Å². The van der Waals surface area contributed by atoms with Crippen LogP contribution in [0.5, 0.6) is 11.5 Å². The maximum absolute atomic E-state index is 9.57. The molecule has 3 aliphatic rings. The number of rotatable bonds is 2. The Bertz CT molecular complexity index is 727. The first-order chi connectivity index (χ1) is 10.7. The molecule has 5 heteroatoms. The first kappa shape index (κ1) is 13.4. The SMILES string of the molecule is Oc1ccc(-c2cc(/C=C3\CN4CCC3CC4)on2)cc1O. The Kier molecular flexibility index (Phi) is 3.15. The van der Waals surface area contributed by atoms with E-state index < -0.39 is 0 Å². The topological polar surface area (TPSA) is 69.7 Å². The van der Waals surface area contributed by atoms with Crippen molar-refractivity contribution in [1.29, 1.82) is 0 Å². The molecule has 5 rings (SSSR count). The van der Waals surface area contributed by atoms with Crippen LogP contribution >= 0.6 is 0 Å². The molecule has 0 amide bonds. The van der Waals surface area contributed by atoms with E-state index in [1.165, 1.54) is 43.6 Å². The summed E-state index contributed by atoms with van der Waals surface area (Å²) in [6, 6.07) is 6.51. The van der Waals surface area contributed by atoms with Gasteiger partial charge in [0.05, 0.1) is 0 Å². The second-order valence-electron chi connectivity index (χ2n) is 6.09. The first-order valence-corrected chi connectivity index (χ1v) is 7.61. The van der Waals surface area contributed by atoms with E-state index in [-0.39, 0.29) is 11.5 Å². The van der Waals surface area contributed by atoms with Gasteiger partial charge in [-0.25, -0.2) is 0 Å². The summed E-state index contributed by atoms with van der Waals surface area (Å²) in [5.74, 6) is 1.13. The van der Waals surface area contributed by atoms with Crippen LogP contribution < -0.4 is 0 Å². The van der Waals surface area contributed by atoms with Crippen LogP contribution in [0, 0.1) is 5.92 Å². The van der Waals surface area contributed by atoms with Crippen LogP contribution in [0.25, 0.3) is 17.3 Å². The van der Waals surface area contributed by atoms with E-state index in [0.717, 1.165) is 17.9 Å². The zero-order valence-electron chi connectivity index (χ0n) is 12.2. The van der Waals surface area contributed by atoms with Gasteiger partial charge in [-0.2, -0.15) is 0 Å². The Morgan fingerprint density at radius 2 is 1.95 bits per heavy atom. The predicted octanol–water partition coefficient (Wildman–Crippen LogP) is 2.86. The lowest BCUT2D eigenvalue weighted by Gasteiger charge is -2.40. The number of hydrogen-bond donors (Lipinski definition) is 2. The second kappa shape index (κ2) is 5.18. The molecule has 3 saturated heterocycles. The van der Waals surface area contributed by atoms with Crippen LogP contribution in [-0.2, 0) is 0 Å². The van der Waals surface area contributed by atoms with Crippen molar-refractivity contribution >= 4 is 6.08 Å². The molecule has 0 aliphatic carbocycles. The number of aromatic nitrogens is 1. The normalized spacial score (nSPS) is 25.7. The summed E-state index contributed by atoms with van der Waals surface area (Å²) in [4.78, 5) is 2.47. The average Bonchev–Trinajstić information content (AvgIpc) is 3.00. The second-order valence-corrected chi connectivity index (χ2v) is 6.09. The maximum atomic E-state index is 9.57. The number of phenolic OH excluding ortho intramolecular Hbond substituents is 2. The van der Waals surface area contributed by atoms with Crippen LogP contribution in [0.4, 0.5) is 0 Å². The number of benzene rings is 1. The number of hydrogen-bond acceptors (Lipinski definition) is 5. The molecule has 1 aromatic carbocycles. The van der Waals surface area contributed by atoms with Crippen LogP contribution in [0.3, 0.4) is 0 Å². The van der Waals surface area contributed by atoms with Crippen molar-refractivity contribution in [3.8, 4) is 22.8 Å². The smallest absolute Gasteiger partial charge is 0.160 e. The Morgan fingerprint density at radius 1 is 1.14 bits per heavy atom. The molecule has 5 nitrogen and oxygen atoms in total. The fourth-order valence-corrected chi connectivity index (χ4v) is 3.37. The molecule has 0 radical (unpaired) electrons. The van der Waals surface area contributed by atoms with Gasteiger partial charge in [0.15, 0.2) is 17.3 Å². The molecule has 2 aromatic rings. The van der Waals surface area contributed by atoms with Gasteiger partial charge >= 0.3 is 0 Å². The van der Waals surface area contributed by atoms with Crippen molar-refractivity contribution in [3.63, 3.8) is 0 Å². The van der Waals surface area contributed by atoms with E-state index in [1.807, 2.05) is 6.07 Å². The van der Waals surface area contributed by atoms with Gasteiger partial charge in [-0.05, 0) is 61.7 Å². The Morgan fingerprint density at radius 3 is 2.64 bits per heavy atom. The minimum atomic E-state index is -0.155. The summed E-state index contributed by atoms with van der Waals surface area (Å²) < 4.78 is 5.41. The highest BCUT2D eigenvalue weighted by Crippen LogP contribution is 2.34. The molecule has 0 saturated carbocycles. The molecule has 2 bridgehead atoms. The van der Waals surface area contributed by atoms with Crippen molar-refractivity contribution in [3.05, 3.63) is 35.6 Å². The summed E-state index contributed by atoms with van der Waals surface area (Å²) >= 11 is 0. The molecule has 114 valence electrons. The standard InChI is InChI=1S/C17H18N2O3/c20-16-2-1-12(8-17(16)21)15-9-14(22-18-15)7-13-10-19-5-3-11(13)4-6-19/h1-2,7-9,11,20-21H,3-6,10H2/b13-7+. The molecule has 2 N–H and O–H groups in total.